The Hall–Kier alpha value is -1.32. The van der Waals surface area contributed by atoms with Crippen LogP contribution in [0.5, 0.6) is 0 Å². The number of amides is 2. The van der Waals surface area contributed by atoms with Crippen molar-refractivity contribution in [3.63, 3.8) is 0 Å². The number of piperazine rings is 1. The van der Waals surface area contributed by atoms with Crippen molar-refractivity contribution in [3.8, 4) is 0 Å². The van der Waals surface area contributed by atoms with Crippen LogP contribution in [0.3, 0.4) is 0 Å². The SMILES string of the molecule is C/C=C/CN1CC(=O)NC(C2CC2)C1=O. The fraction of sp³-hybridized carbons (Fsp3) is 0.636. The molecule has 2 fully saturated rings. The van der Waals surface area contributed by atoms with Gasteiger partial charge in [0.25, 0.3) is 0 Å². The van der Waals surface area contributed by atoms with E-state index in [2.05, 4.69) is 5.32 Å². The summed E-state index contributed by atoms with van der Waals surface area (Å²) in [5.41, 5.74) is 0. The highest BCUT2D eigenvalue weighted by molar-refractivity contribution is 5.95. The molecule has 0 spiro atoms. The summed E-state index contributed by atoms with van der Waals surface area (Å²) in [6.07, 6.45) is 5.93. The van der Waals surface area contributed by atoms with E-state index in [9.17, 15) is 9.59 Å². The molecule has 15 heavy (non-hydrogen) atoms. The Kier molecular flexibility index (Phi) is 2.75. The lowest BCUT2D eigenvalue weighted by Crippen LogP contribution is -2.58. The minimum absolute atomic E-state index is 0.0315. The summed E-state index contributed by atoms with van der Waals surface area (Å²) in [5.74, 6) is 0.432. The lowest BCUT2D eigenvalue weighted by atomic mass is 10.1. The average Bonchev–Trinajstić information content (AvgIpc) is 3.02. The quantitative estimate of drug-likeness (QED) is 0.678. The Balaban J connectivity index is 2.03. The Bertz CT molecular complexity index is 308. The summed E-state index contributed by atoms with van der Waals surface area (Å²) in [5, 5.41) is 2.78. The summed E-state index contributed by atoms with van der Waals surface area (Å²) >= 11 is 0. The number of allylic oxidation sites excluding steroid dienone is 1. The number of rotatable bonds is 3. The molecular weight excluding hydrogens is 192 g/mol. The Morgan fingerprint density at radius 3 is 2.80 bits per heavy atom. The first kappa shape index (κ1) is 10.2. The second-order valence-electron chi connectivity index (χ2n) is 4.17. The molecule has 0 aromatic carbocycles. The number of nitrogens with one attached hydrogen (secondary N) is 1. The van der Waals surface area contributed by atoms with Crippen molar-refractivity contribution in [3.05, 3.63) is 12.2 Å². The van der Waals surface area contributed by atoms with E-state index >= 15 is 0 Å². The predicted molar refractivity (Wildman–Crippen MR) is 56.0 cm³/mol. The van der Waals surface area contributed by atoms with Gasteiger partial charge in [0.1, 0.15) is 6.04 Å². The van der Waals surface area contributed by atoms with Crippen molar-refractivity contribution >= 4 is 11.8 Å². The second-order valence-corrected chi connectivity index (χ2v) is 4.17. The minimum Gasteiger partial charge on any atom is -0.342 e. The molecule has 0 bridgehead atoms. The van der Waals surface area contributed by atoms with Crippen LogP contribution in [0.4, 0.5) is 0 Å². The van der Waals surface area contributed by atoms with E-state index in [1.54, 1.807) is 4.90 Å². The first-order valence-corrected chi connectivity index (χ1v) is 5.41. The average molecular weight is 208 g/mol. The number of carbonyl (C=O) groups is 2. The molecule has 1 aliphatic heterocycles. The fourth-order valence-electron chi connectivity index (χ4n) is 1.87. The van der Waals surface area contributed by atoms with Crippen LogP contribution in [-0.2, 0) is 9.59 Å². The van der Waals surface area contributed by atoms with E-state index < -0.39 is 0 Å². The maximum Gasteiger partial charge on any atom is 0.246 e. The third-order valence-corrected chi connectivity index (χ3v) is 2.88. The van der Waals surface area contributed by atoms with Gasteiger partial charge in [-0.1, -0.05) is 12.2 Å². The van der Waals surface area contributed by atoms with E-state index in [1.165, 1.54) is 0 Å². The van der Waals surface area contributed by atoms with Gasteiger partial charge in [0.05, 0.1) is 6.54 Å². The molecular formula is C11H16N2O2. The molecule has 1 saturated carbocycles. The fourth-order valence-corrected chi connectivity index (χ4v) is 1.87. The molecule has 0 aromatic heterocycles. The molecule has 0 radical (unpaired) electrons. The topological polar surface area (TPSA) is 49.4 Å². The van der Waals surface area contributed by atoms with Gasteiger partial charge in [-0.05, 0) is 25.7 Å². The van der Waals surface area contributed by atoms with Gasteiger partial charge in [-0.25, -0.2) is 0 Å². The Labute approximate surface area is 89.3 Å². The van der Waals surface area contributed by atoms with Gasteiger partial charge in [0.2, 0.25) is 11.8 Å². The van der Waals surface area contributed by atoms with E-state index in [-0.39, 0.29) is 24.4 Å². The van der Waals surface area contributed by atoms with Crippen molar-refractivity contribution in [2.45, 2.75) is 25.8 Å². The highest BCUT2D eigenvalue weighted by atomic mass is 16.2. The van der Waals surface area contributed by atoms with Crippen molar-refractivity contribution in [1.82, 2.24) is 10.2 Å². The zero-order valence-corrected chi connectivity index (χ0v) is 8.90. The number of hydrogen-bond acceptors (Lipinski definition) is 2. The highest BCUT2D eigenvalue weighted by Gasteiger charge is 2.42. The maximum atomic E-state index is 11.9. The normalized spacial score (nSPS) is 27.3. The van der Waals surface area contributed by atoms with Crippen LogP contribution in [-0.4, -0.2) is 35.8 Å². The van der Waals surface area contributed by atoms with E-state index in [0.29, 0.717) is 12.5 Å². The van der Waals surface area contributed by atoms with Gasteiger partial charge >= 0.3 is 0 Å². The highest BCUT2D eigenvalue weighted by Crippen LogP contribution is 2.34. The monoisotopic (exact) mass is 208 g/mol. The zero-order chi connectivity index (χ0) is 10.8. The van der Waals surface area contributed by atoms with E-state index in [0.717, 1.165) is 12.8 Å². The Morgan fingerprint density at radius 2 is 2.20 bits per heavy atom. The third-order valence-electron chi connectivity index (χ3n) is 2.88. The van der Waals surface area contributed by atoms with Gasteiger partial charge in [0, 0.05) is 6.54 Å². The molecule has 2 rings (SSSR count). The molecule has 82 valence electrons. The largest absolute Gasteiger partial charge is 0.342 e. The van der Waals surface area contributed by atoms with Crippen LogP contribution in [0.2, 0.25) is 0 Å². The van der Waals surface area contributed by atoms with Crippen LogP contribution in [0, 0.1) is 5.92 Å². The molecule has 1 aliphatic carbocycles. The zero-order valence-electron chi connectivity index (χ0n) is 8.90. The standard InChI is InChI=1S/C11H16N2O2/c1-2-3-6-13-7-9(14)12-10(11(13)15)8-4-5-8/h2-3,8,10H,4-7H2,1H3,(H,12,14)/b3-2+. The van der Waals surface area contributed by atoms with E-state index in [4.69, 9.17) is 0 Å². The van der Waals surface area contributed by atoms with Crippen LogP contribution in [0.1, 0.15) is 19.8 Å². The summed E-state index contributed by atoms with van der Waals surface area (Å²) in [6.45, 7) is 2.66. The van der Waals surface area contributed by atoms with Crippen LogP contribution >= 0.6 is 0 Å². The molecule has 4 nitrogen and oxygen atoms in total. The van der Waals surface area contributed by atoms with Crippen LogP contribution in [0.15, 0.2) is 12.2 Å². The molecule has 1 saturated heterocycles. The number of hydrogen-bond donors (Lipinski definition) is 1. The smallest absolute Gasteiger partial charge is 0.246 e. The molecule has 4 heteroatoms. The molecule has 0 aromatic rings. The van der Waals surface area contributed by atoms with Gasteiger partial charge in [0.15, 0.2) is 0 Å². The number of carbonyl (C=O) groups excluding carboxylic acids is 2. The summed E-state index contributed by atoms with van der Waals surface area (Å²) in [6, 6.07) is -0.253. The van der Waals surface area contributed by atoms with Gasteiger partial charge in [-0.3, -0.25) is 9.59 Å². The third kappa shape index (κ3) is 2.19. The van der Waals surface area contributed by atoms with Crippen LogP contribution < -0.4 is 5.32 Å². The molecule has 2 aliphatic rings. The van der Waals surface area contributed by atoms with E-state index in [1.807, 2.05) is 19.1 Å². The van der Waals surface area contributed by atoms with Gasteiger partial charge in [-0.2, -0.15) is 0 Å². The molecule has 1 heterocycles. The van der Waals surface area contributed by atoms with Crippen molar-refractivity contribution in [2.75, 3.05) is 13.1 Å². The molecule has 1 N–H and O–H groups in total. The number of nitrogens with zero attached hydrogens (tertiary/aromatic N) is 1. The first-order valence-electron chi connectivity index (χ1n) is 5.41. The lowest BCUT2D eigenvalue weighted by molar-refractivity contribution is -0.144. The second kappa shape index (κ2) is 4.04. The van der Waals surface area contributed by atoms with Crippen molar-refractivity contribution in [2.24, 2.45) is 5.92 Å². The Morgan fingerprint density at radius 1 is 1.47 bits per heavy atom. The summed E-state index contributed by atoms with van der Waals surface area (Å²) < 4.78 is 0. The van der Waals surface area contributed by atoms with Crippen molar-refractivity contribution in [1.29, 1.82) is 0 Å². The summed E-state index contributed by atoms with van der Waals surface area (Å²) in [4.78, 5) is 25.0. The first-order chi connectivity index (χ1) is 7.22. The maximum absolute atomic E-state index is 11.9. The summed E-state index contributed by atoms with van der Waals surface area (Å²) in [7, 11) is 0. The molecule has 1 unspecified atom stereocenters. The van der Waals surface area contributed by atoms with Gasteiger partial charge < -0.3 is 10.2 Å². The minimum atomic E-state index is -0.253. The lowest BCUT2D eigenvalue weighted by Gasteiger charge is -2.31. The van der Waals surface area contributed by atoms with Crippen LogP contribution in [0.25, 0.3) is 0 Å². The van der Waals surface area contributed by atoms with Gasteiger partial charge in [-0.15, -0.1) is 0 Å². The molecule has 1 atom stereocenters. The van der Waals surface area contributed by atoms with Crippen molar-refractivity contribution < 1.29 is 9.59 Å². The molecule has 2 amide bonds. The predicted octanol–water partition coefficient (Wildman–Crippen LogP) is 0.299.